The van der Waals surface area contributed by atoms with Crippen LogP contribution in [0.15, 0.2) is 18.2 Å². The van der Waals surface area contributed by atoms with Crippen LogP contribution >= 0.6 is 0 Å². The monoisotopic (exact) mass is 404 g/mol. The number of aromatic hydroxyl groups is 1. The van der Waals surface area contributed by atoms with E-state index >= 15 is 0 Å². The van der Waals surface area contributed by atoms with Gasteiger partial charge in [0.15, 0.2) is 0 Å². The number of unbranched alkanes of at least 4 members (excludes halogenated alkanes) is 4. The summed E-state index contributed by atoms with van der Waals surface area (Å²) in [6.07, 6.45) is 11.5. The normalized spacial score (nSPS) is 15.1. The molecule has 0 aromatic heterocycles. The largest absolute Gasteiger partial charge is 0.508 e. The van der Waals surface area contributed by atoms with Gasteiger partial charge in [-0.25, -0.2) is 0 Å². The predicted octanol–water partition coefficient (Wildman–Crippen LogP) is 5.41. The van der Waals surface area contributed by atoms with Crippen LogP contribution in [0, 0.1) is 5.41 Å². The molecular formula is C24H36O5. The number of carboxylic acids is 1. The van der Waals surface area contributed by atoms with E-state index in [2.05, 4.69) is 6.07 Å². The first-order chi connectivity index (χ1) is 13.8. The Balaban J connectivity index is 1.66. The van der Waals surface area contributed by atoms with Gasteiger partial charge in [-0.1, -0.05) is 31.4 Å². The molecule has 0 saturated heterocycles. The van der Waals surface area contributed by atoms with Crippen molar-refractivity contribution in [1.82, 2.24) is 0 Å². The molecule has 1 saturated carbocycles. The second kappa shape index (κ2) is 10.7. The molecule has 0 atom stereocenters. The van der Waals surface area contributed by atoms with Gasteiger partial charge < -0.3 is 14.9 Å². The van der Waals surface area contributed by atoms with E-state index in [0.717, 1.165) is 76.2 Å². The maximum Gasteiger partial charge on any atom is 0.309 e. The molecule has 2 N–H and O–H groups in total. The average molecular weight is 405 g/mol. The van der Waals surface area contributed by atoms with Gasteiger partial charge in [-0.05, 0) is 88.8 Å². The lowest BCUT2D eigenvalue weighted by atomic mass is 9.87. The lowest BCUT2D eigenvalue weighted by molar-refractivity contribution is -0.147. The number of ether oxygens (including phenoxy) is 1. The van der Waals surface area contributed by atoms with Gasteiger partial charge in [-0.3, -0.25) is 9.59 Å². The molecule has 0 radical (unpaired) electrons. The van der Waals surface area contributed by atoms with Crippen LogP contribution in [0.25, 0.3) is 0 Å². The van der Waals surface area contributed by atoms with Crippen LogP contribution in [0.2, 0.25) is 0 Å². The highest BCUT2D eigenvalue weighted by atomic mass is 16.5. The zero-order chi connectivity index (χ0) is 21.3. The van der Waals surface area contributed by atoms with Gasteiger partial charge in [0, 0.05) is 0 Å². The number of aliphatic carboxylic acids is 1. The standard InChI is InChI=1S/C24H36O5/c1-23(2,22(27)28)13-7-4-3-5-9-19-11-12-21(26)20(17-19)10-6-8-14-24(15-16-24)29-18-25/h11-12,17-18,26H,3-10,13-16H2,1-2H3,(H,27,28). The number of phenols is 1. The summed E-state index contributed by atoms with van der Waals surface area (Å²) in [6.45, 7) is 4.13. The molecule has 0 amide bonds. The fraction of sp³-hybridized carbons (Fsp3) is 0.667. The average Bonchev–Trinajstić information content (AvgIpc) is 3.43. The van der Waals surface area contributed by atoms with Crippen molar-refractivity contribution >= 4 is 12.4 Å². The number of carboxylic acid groups (broad SMARTS) is 1. The summed E-state index contributed by atoms with van der Waals surface area (Å²) in [7, 11) is 0. The van der Waals surface area contributed by atoms with Crippen LogP contribution in [-0.4, -0.2) is 28.3 Å². The Labute approximate surface area is 174 Å². The first-order valence-electron chi connectivity index (χ1n) is 10.9. The summed E-state index contributed by atoms with van der Waals surface area (Å²) in [5.41, 5.74) is 1.41. The molecule has 0 aliphatic heterocycles. The lowest BCUT2D eigenvalue weighted by Gasteiger charge is -2.18. The number of aryl methyl sites for hydroxylation is 2. The molecule has 0 heterocycles. The summed E-state index contributed by atoms with van der Waals surface area (Å²) in [5.74, 6) is -0.368. The topological polar surface area (TPSA) is 83.8 Å². The minimum absolute atomic E-state index is 0.189. The smallest absolute Gasteiger partial charge is 0.309 e. The van der Waals surface area contributed by atoms with Gasteiger partial charge in [-0.15, -0.1) is 0 Å². The minimum Gasteiger partial charge on any atom is -0.508 e. The third kappa shape index (κ3) is 7.71. The Morgan fingerprint density at radius 3 is 2.45 bits per heavy atom. The summed E-state index contributed by atoms with van der Waals surface area (Å²) in [4.78, 5) is 21.7. The fourth-order valence-corrected chi connectivity index (χ4v) is 3.78. The van der Waals surface area contributed by atoms with Gasteiger partial charge in [0.2, 0.25) is 0 Å². The van der Waals surface area contributed by atoms with Crippen molar-refractivity contribution < 1.29 is 24.5 Å². The van der Waals surface area contributed by atoms with Crippen molar-refractivity contribution in [3.8, 4) is 5.75 Å². The maximum atomic E-state index is 11.1. The highest BCUT2D eigenvalue weighted by Gasteiger charge is 2.44. The molecule has 1 fully saturated rings. The van der Waals surface area contributed by atoms with Gasteiger partial charge in [0.25, 0.3) is 6.47 Å². The first kappa shape index (κ1) is 23.2. The van der Waals surface area contributed by atoms with Gasteiger partial charge in [-0.2, -0.15) is 0 Å². The van der Waals surface area contributed by atoms with Crippen molar-refractivity contribution in [2.24, 2.45) is 5.41 Å². The van der Waals surface area contributed by atoms with E-state index in [1.165, 1.54) is 5.56 Å². The van der Waals surface area contributed by atoms with E-state index in [1.807, 2.05) is 6.07 Å². The molecule has 2 rings (SSSR count). The summed E-state index contributed by atoms with van der Waals surface area (Å²) < 4.78 is 5.18. The molecule has 0 unspecified atom stereocenters. The zero-order valence-electron chi connectivity index (χ0n) is 17.9. The van der Waals surface area contributed by atoms with E-state index in [4.69, 9.17) is 9.84 Å². The molecule has 5 nitrogen and oxygen atoms in total. The quantitative estimate of drug-likeness (QED) is 0.301. The molecular weight excluding hydrogens is 368 g/mol. The van der Waals surface area contributed by atoms with Crippen LogP contribution in [-0.2, 0) is 27.2 Å². The van der Waals surface area contributed by atoms with Crippen LogP contribution in [0.4, 0.5) is 0 Å². The fourth-order valence-electron chi connectivity index (χ4n) is 3.78. The zero-order valence-corrected chi connectivity index (χ0v) is 17.9. The van der Waals surface area contributed by atoms with E-state index in [-0.39, 0.29) is 5.60 Å². The Bertz CT molecular complexity index is 676. The number of benzene rings is 1. The molecule has 1 aliphatic rings. The molecule has 1 aromatic carbocycles. The van der Waals surface area contributed by atoms with E-state index < -0.39 is 11.4 Å². The number of carbonyl (C=O) groups excluding carboxylic acids is 1. The second-order valence-electron chi connectivity index (χ2n) is 9.17. The third-order valence-electron chi connectivity index (χ3n) is 6.17. The maximum absolute atomic E-state index is 11.1. The number of hydrogen-bond donors (Lipinski definition) is 2. The van der Waals surface area contributed by atoms with Gasteiger partial charge in [0.1, 0.15) is 11.4 Å². The Hall–Kier alpha value is -2.04. The predicted molar refractivity (Wildman–Crippen MR) is 113 cm³/mol. The van der Waals surface area contributed by atoms with Crippen LogP contribution in [0.5, 0.6) is 5.75 Å². The van der Waals surface area contributed by atoms with Crippen molar-refractivity contribution in [2.45, 2.75) is 96.5 Å². The SMILES string of the molecule is CC(C)(CCCCCCc1ccc(O)c(CCCCC2(OC=O)CC2)c1)C(=O)O. The molecule has 1 aliphatic carbocycles. The van der Waals surface area contributed by atoms with E-state index in [0.29, 0.717) is 18.6 Å². The number of phenolic OH excluding ortho intramolecular Hbond substituents is 1. The van der Waals surface area contributed by atoms with Crippen LogP contribution in [0.3, 0.4) is 0 Å². The third-order valence-corrected chi connectivity index (χ3v) is 6.17. The molecule has 0 bridgehead atoms. The highest BCUT2D eigenvalue weighted by molar-refractivity contribution is 5.73. The Morgan fingerprint density at radius 2 is 1.79 bits per heavy atom. The Kier molecular flexibility index (Phi) is 8.54. The highest BCUT2D eigenvalue weighted by Crippen LogP contribution is 2.43. The summed E-state index contributed by atoms with van der Waals surface area (Å²) >= 11 is 0. The number of hydrogen-bond acceptors (Lipinski definition) is 4. The molecule has 5 heteroatoms. The first-order valence-corrected chi connectivity index (χ1v) is 10.9. The van der Waals surface area contributed by atoms with Crippen molar-refractivity contribution in [3.05, 3.63) is 29.3 Å². The summed E-state index contributed by atoms with van der Waals surface area (Å²) in [6, 6.07) is 5.89. The van der Waals surface area contributed by atoms with Crippen LogP contribution in [0.1, 0.15) is 89.2 Å². The molecule has 1 aromatic rings. The van der Waals surface area contributed by atoms with Crippen molar-refractivity contribution in [2.75, 3.05) is 0 Å². The van der Waals surface area contributed by atoms with Crippen LogP contribution < -0.4 is 0 Å². The lowest BCUT2D eigenvalue weighted by Crippen LogP contribution is -2.23. The molecule has 29 heavy (non-hydrogen) atoms. The molecule has 162 valence electrons. The van der Waals surface area contributed by atoms with Gasteiger partial charge in [0.05, 0.1) is 5.41 Å². The Morgan fingerprint density at radius 1 is 1.10 bits per heavy atom. The van der Waals surface area contributed by atoms with Crippen molar-refractivity contribution in [1.29, 1.82) is 0 Å². The van der Waals surface area contributed by atoms with E-state index in [1.54, 1.807) is 19.9 Å². The molecule has 0 spiro atoms. The number of rotatable bonds is 15. The second-order valence-corrected chi connectivity index (χ2v) is 9.17. The summed E-state index contributed by atoms with van der Waals surface area (Å²) in [5, 5.41) is 19.3. The van der Waals surface area contributed by atoms with Crippen molar-refractivity contribution in [3.63, 3.8) is 0 Å². The minimum atomic E-state index is -0.724. The van der Waals surface area contributed by atoms with Gasteiger partial charge >= 0.3 is 5.97 Å². The number of carbonyl (C=O) groups is 2. The van der Waals surface area contributed by atoms with E-state index in [9.17, 15) is 14.7 Å².